The van der Waals surface area contributed by atoms with Gasteiger partial charge >= 0.3 is 0 Å². The van der Waals surface area contributed by atoms with E-state index in [1.54, 1.807) is 12.3 Å². The predicted octanol–water partition coefficient (Wildman–Crippen LogP) is 4.38. The maximum absolute atomic E-state index is 13.2. The van der Waals surface area contributed by atoms with Crippen molar-refractivity contribution in [3.8, 4) is 11.4 Å². The third-order valence-corrected chi connectivity index (χ3v) is 5.03. The van der Waals surface area contributed by atoms with Gasteiger partial charge in [0, 0.05) is 29.1 Å². The van der Waals surface area contributed by atoms with Crippen LogP contribution in [0.4, 0.5) is 0 Å². The van der Waals surface area contributed by atoms with Crippen LogP contribution in [-0.2, 0) is 6.54 Å². The molecule has 0 N–H and O–H groups in total. The lowest BCUT2D eigenvalue weighted by molar-refractivity contribution is 0.718. The lowest BCUT2D eigenvalue weighted by Crippen LogP contribution is -2.20. The van der Waals surface area contributed by atoms with Gasteiger partial charge in [-0.1, -0.05) is 42.5 Å². The lowest BCUT2D eigenvalue weighted by atomic mass is 10.2. The Balaban J connectivity index is 1.93. The molecule has 0 atom stereocenters. The summed E-state index contributed by atoms with van der Waals surface area (Å²) in [6.07, 6.45) is 1.75. The molecule has 2 aromatic carbocycles. The molecule has 2 aromatic heterocycles. The average molecular weight is 370 g/mol. The molecule has 0 radical (unpaired) electrons. The molecule has 4 rings (SSSR count). The van der Waals surface area contributed by atoms with Gasteiger partial charge in [-0.05, 0) is 39.0 Å². The molecule has 5 heteroatoms. The van der Waals surface area contributed by atoms with Crippen LogP contribution in [0.3, 0.4) is 0 Å². The van der Waals surface area contributed by atoms with Gasteiger partial charge in [0.05, 0.1) is 17.1 Å². The van der Waals surface area contributed by atoms with E-state index in [9.17, 15) is 4.79 Å². The Morgan fingerprint density at radius 1 is 1.04 bits per heavy atom. The van der Waals surface area contributed by atoms with Crippen molar-refractivity contribution in [2.45, 2.75) is 27.3 Å². The first-order valence-corrected chi connectivity index (χ1v) is 9.38. The number of nitrogens with zero attached hydrogens (tertiary/aromatic N) is 4. The molecule has 2 heterocycles. The number of hydrogen-bond acceptors (Lipinski definition) is 3. The fourth-order valence-corrected chi connectivity index (χ4v) is 3.57. The topological polar surface area (TPSA) is 52.2 Å². The first-order chi connectivity index (χ1) is 13.6. The van der Waals surface area contributed by atoms with E-state index in [0.29, 0.717) is 16.7 Å². The van der Waals surface area contributed by atoms with Crippen molar-refractivity contribution in [3.05, 3.63) is 88.0 Å². The van der Waals surface area contributed by atoms with Gasteiger partial charge in [-0.25, -0.2) is 4.98 Å². The summed E-state index contributed by atoms with van der Waals surface area (Å²) in [5.74, 6) is 0.532. The first-order valence-electron chi connectivity index (χ1n) is 9.38. The zero-order chi connectivity index (χ0) is 19.7. The highest BCUT2D eigenvalue weighted by Crippen LogP contribution is 2.19. The van der Waals surface area contributed by atoms with Gasteiger partial charge in [0.25, 0.3) is 5.56 Å². The molecule has 0 fully saturated rings. The summed E-state index contributed by atoms with van der Waals surface area (Å²) in [4.78, 5) is 17.9. The second kappa shape index (κ2) is 7.27. The Morgan fingerprint density at radius 3 is 2.46 bits per heavy atom. The van der Waals surface area contributed by atoms with E-state index >= 15 is 0 Å². The molecule has 0 unspecified atom stereocenters. The molecule has 0 bridgehead atoms. The van der Waals surface area contributed by atoms with Gasteiger partial charge in [0.15, 0.2) is 5.82 Å². The molecule has 140 valence electrons. The van der Waals surface area contributed by atoms with Crippen LogP contribution in [0, 0.1) is 13.8 Å². The SMILES string of the molecule is CCn1c(C)cc(C=Nn2c(-c3ccccc3)nc3ccccc3c2=O)c1C. The van der Waals surface area contributed by atoms with Crippen molar-refractivity contribution in [2.24, 2.45) is 5.10 Å². The molecule has 5 nitrogen and oxygen atoms in total. The van der Waals surface area contributed by atoms with Gasteiger partial charge in [0.1, 0.15) is 0 Å². The smallest absolute Gasteiger partial charge is 0.282 e. The lowest BCUT2D eigenvalue weighted by Gasteiger charge is -2.09. The van der Waals surface area contributed by atoms with Gasteiger partial charge in [-0.2, -0.15) is 9.78 Å². The molecule has 0 aliphatic carbocycles. The van der Waals surface area contributed by atoms with Gasteiger partial charge in [-0.3, -0.25) is 4.79 Å². The van der Waals surface area contributed by atoms with Crippen molar-refractivity contribution in [1.82, 2.24) is 14.2 Å². The Bertz CT molecular complexity index is 1230. The molecule has 4 aromatic rings. The minimum Gasteiger partial charge on any atom is -0.349 e. The number of rotatable bonds is 4. The van der Waals surface area contributed by atoms with Crippen LogP contribution in [0.1, 0.15) is 23.9 Å². The van der Waals surface area contributed by atoms with E-state index < -0.39 is 0 Å². The van der Waals surface area contributed by atoms with E-state index in [1.165, 1.54) is 10.4 Å². The molecule has 0 saturated carbocycles. The maximum atomic E-state index is 13.2. The first kappa shape index (κ1) is 17.9. The zero-order valence-electron chi connectivity index (χ0n) is 16.3. The number of aromatic nitrogens is 3. The third kappa shape index (κ3) is 3.05. The minimum atomic E-state index is -0.176. The van der Waals surface area contributed by atoms with E-state index in [-0.39, 0.29) is 5.56 Å². The van der Waals surface area contributed by atoms with Gasteiger partial charge < -0.3 is 4.57 Å². The van der Waals surface area contributed by atoms with E-state index in [2.05, 4.69) is 36.5 Å². The fraction of sp³-hybridized carbons (Fsp3) is 0.174. The van der Waals surface area contributed by atoms with E-state index in [1.807, 2.05) is 48.5 Å². The normalized spacial score (nSPS) is 11.5. The molecule has 0 aliphatic rings. The average Bonchev–Trinajstić information content (AvgIpc) is 3.00. The highest BCUT2D eigenvalue weighted by Gasteiger charge is 2.12. The Hall–Kier alpha value is -3.47. The van der Waals surface area contributed by atoms with Gasteiger partial charge in [0.2, 0.25) is 0 Å². The summed E-state index contributed by atoms with van der Waals surface area (Å²) in [5.41, 5.74) is 4.65. The molecule has 28 heavy (non-hydrogen) atoms. The van der Waals surface area contributed by atoms with Crippen LogP contribution < -0.4 is 5.56 Å². The van der Waals surface area contributed by atoms with Crippen molar-refractivity contribution in [3.63, 3.8) is 0 Å². The summed E-state index contributed by atoms with van der Waals surface area (Å²) >= 11 is 0. The molecular weight excluding hydrogens is 348 g/mol. The zero-order valence-corrected chi connectivity index (χ0v) is 16.3. The number of para-hydroxylation sites is 1. The molecule has 0 amide bonds. The maximum Gasteiger partial charge on any atom is 0.282 e. The Labute approximate surface area is 163 Å². The van der Waals surface area contributed by atoms with Crippen LogP contribution >= 0.6 is 0 Å². The molecule has 0 spiro atoms. The van der Waals surface area contributed by atoms with Crippen molar-refractivity contribution in [1.29, 1.82) is 0 Å². The number of fused-ring (bicyclic) bond motifs is 1. The quantitative estimate of drug-likeness (QED) is 0.501. The van der Waals surface area contributed by atoms with Crippen LogP contribution in [-0.4, -0.2) is 20.4 Å². The molecule has 0 saturated heterocycles. The van der Waals surface area contributed by atoms with E-state index in [4.69, 9.17) is 4.98 Å². The standard InChI is InChI=1S/C23H22N4O/c1-4-26-16(2)14-19(17(26)3)15-24-27-22(18-10-6-5-7-11-18)25-21-13-9-8-12-20(21)23(27)28/h5-15H,4H2,1-3H3. The number of aryl methyl sites for hydroxylation is 1. The number of hydrogen-bond donors (Lipinski definition) is 0. The largest absolute Gasteiger partial charge is 0.349 e. The van der Waals surface area contributed by atoms with Crippen LogP contribution in [0.15, 0.2) is 70.6 Å². The second-order valence-corrected chi connectivity index (χ2v) is 6.75. The van der Waals surface area contributed by atoms with Crippen molar-refractivity contribution in [2.75, 3.05) is 0 Å². The molecule has 0 aliphatic heterocycles. The fourth-order valence-electron chi connectivity index (χ4n) is 3.57. The molecular formula is C23H22N4O. The summed E-state index contributed by atoms with van der Waals surface area (Å²) in [6.45, 7) is 7.16. The third-order valence-electron chi connectivity index (χ3n) is 5.03. The highest BCUT2D eigenvalue weighted by atomic mass is 16.1. The van der Waals surface area contributed by atoms with Crippen LogP contribution in [0.5, 0.6) is 0 Å². The van der Waals surface area contributed by atoms with Gasteiger partial charge in [-0.15, -0.1) is 0 Å². The van der Waals surface area contributed by atoms with Crippen molar-refractivity contribution < 1.29 is 0 Å². The highest BCUT2D eigenvalue weighted by molar-refractivity contribution is 5.83. The Morgan fingerprint density at radius 2 is 1.75 bits per heavy atom. The van der Waals surface area contributed by atoms with E-state index in [0.717, 1.165) is 23.4 Å². The van der Waals surface area contributed by atoms with Crippen LogP contribution in [0.25, 0.3) is 22.3 Å². The van der Waals surface area contributed by atoms with Crippen molar-refractivity contribution >= 4 is 17.1 Å². The summed E-state index contributed by atoms with van der Waals surface area (Å²) in [7, 11) is 0. The van der Waals surface area contributed by atoms with Crippen LogP contribution in [0.2, 0.25) is 0 Å². The summed E-state index contributed by atoms with van der Waals surface area (Å²) < 4.78 is 3.62. The second-order valence-electron chi connectivity index (χ2n) is 6.75. The monoisotopic (exact) mass is 370 g/mol. The Kier molecular flexibility index (Phi) is 4.65. The predicted molar refractivity (Wildman–Crippen MR) is 114 cm³/mol. The minimum absolute atomic E-state index is 0.176. The number of benzene rings is 2. The summed E-state index contributed by atoms with van der Waals surface area (Å²) in [6, 6.07) is 19.1. The summed E-state index contributed by atoms with van der Waals surface area (Å²) in [5, 5.41) is 5.11.